The highest BCUT2D eigenvalue weighted by atomic mass is 35.5. The molecule has 3 rings (SSSR count). The smallest absolute Gasteiger partial charge is 0.405 e. The van der Waals surface area contributed by atoms with Gasteiger partial charge < -0.3 is 14.0 Å². The van der Waals surface area contributed by atoms with Crippen LogP contribution in [0.3, 0.4) is 0 Å². The fourth-order valence-corrected chi connectivity index (χ4v) is 3.82. The number of aromatic nitrogens is 3. The molecule has 156 valence electrons. The van der Waals surface area contributed by atoms with Gasteiger partial charge in [-0.05, 0) is 12.1 Å². The van der Waals surface area contributed by atoms with E-state index in [1.807, 2.05) is 0 Å². The molecular formula is C19H21ClF3N3O2Si. The third-order valence-electron chi connectivity index (χ3n) is 4.24. The van der Waals surface area contributed by atoms with Crippen LogP contribution < -0.4 is 4.74 Å². The van der Waals surface area contributed by atoms with Crippen molar-refractivity contribution in [2.75, 3.05) is 6.61 Å². The molecule has 0 atom stereocenters. The van der Waals surface area contributed by atoms with Crippen molar-refractivity contribution in [2.24, 2.45) is 0 Å². The Labute approximate surface area is 172 Å². The molecule has 5 nitrogen and oxygen atoms in total. The zero-order valence-corrected chi connectivity index (χ0v) is 18.0. The van der Waals surface area contributed by atoms with Gasteiger partial charge in [0.2, 0.25) is 0 Å². The van der Waals surface area contributed by atoms with Crippen LogP contribution in [0.25, 0.3) is 22.2 Å². The van der Waals surface area contributed by atoms with Gasteiger partial charge in [0.05, 0.1) is 5.39 Å². The Hall–Kier alpha value is -2.10. The second-order valence-corrected chi connectivity index (χ2v) is 13.7. The van der Waals surface area contributed by atoms with Crippen molar-refractivity contribution in [1.29, 1.82) is 0 Å². The Kier molecular flexibility index (Phi) is 6.21. The molecule has 0 bridgehead atoms. The van der Waals surface area contributed by atoms with Gasteiger partial charge in [0.1, 0.15) is 29.6 Å². The average Bonchev–Trinajstić information content (AvgIpc) is 2.97. The van der Waals surface area contributed by atoms with Gasteiger partial charge in [-0.25, -0.2) is 9.97 Å². The lowest BCUT2D eigenvalue weighted by Gasteiger charge is -2.15. The van der Waals surface area contributed by atoms with E-state index in [9.17, 15) is 13.2 Å². The van der Waals surface area contributed by atoms with Crippen LogP contribution in [0, 0.1) is 0 Å². The summed E-state index contributed by atoms with van der Waals surface area (Å²) in [5.41, 5.74) is 1.17. The number of ether oxygens (including phenoxy) is 2. The standard InChI is InChI=1S/C19H21ClF3N3O2Si/c1-29(2,3)9-8-27-12-26-10-14(16-17(20)24-11-25-18(16)26)13-6-4-5-7-15(13)28-19(21,22)23/h4-7,10-11H,8-9,12H2,1-3H3. The van der Waals surface area contributed by atoms with Gasteiger partial charge in [-0.15, -0.1) is 13.2 Å². The Balaban J connectivity index is 2.00. The number of halogens is 4. The van der Waals surface area contributed by atoms with E-state index in [2.05, 4.69) is 34.3 Å². The normalized spacial score (nSPS) is 12.5. The van der Waals surface area contributed by atoms with Crippen molar-refractivity contribution >= 4 is 30.7 Å². The fraction of sp³-hybridized carbons (Fsp3) is 0.368. The first-order valence-electron chi connectivity index (χ1n) is 8.97. The number of para-hydroxylation sites is 1. The van der Waals surface area contributed by atoms with Crippen LogP contribution in [0.5, 0.6) is 5.75 Å². The largest absolute Gasteiger partial charge is 0.573 e. The molecule has 10 heteroatoms. The highest BCUT2D eigenvalue weighted by molar-refractivity contribution is 6.76. The molecule has 0 saturated heterocycles. The first-order valence-corrected chi connectivity index (χ1v) is 13.1. The van der Waals surface area contributed by atoms with Crippen LogP contribution in [-0.4, -0.2) is 35.6 Å². The molecule has 2 aromatic heterocycles. The molecule has 0 spiro atoms. The minimum absolute atomic E-state index is 0.146. The summed E-state index contributed by atoms with van der Waals surface area (Å²) in [6, 6.07) is 6.89. The molecule has 0 saturated carbocycles. The Morgan fingerprint density at radius 1 is 1.10 bits per heavy atom. The van der Waals surface area contributed by atoms with Crippen LogP contribution in [0.4, 0.5) is 13.2 Å². The molecule has 0 aliphatic heterocycles. The lowest BCUT2D eigenvalue weighted by molar-refractivity contribution is -0.274. The van der Waals surface area contributed by atoms with E-state index >= 15 is 0 Å². The number of hydrogen-bond donors (Lipinski definition) is 0. The van der Waals surface area contributed by atoms with E-state index in [-0.39, 0.29) is 23.2 Å². The van der Waals surface area contributed by atoms with E-state index in [1.165, 1.54) is 24.5 Å². The number of alkyl halides is 3. The zero-order valence-electron chi connectivity index (χ0n) is 16.3. The van der Waals surface area contributed by atoms with Gasteiger partial charge in [-0.2, -0.15) is 0 Å². The Morgan fingerprint density at radius 3 is 2.52 bits per heavy atom. The lowest BCUT2D eigenvalue weighted by Crippen LogP contribution is -2.22. The molecule has 0 aliphatic carbocycles. The van der Waals surface area contributed by atoms with Gasteiger partial charge in [-0.1, -0.05) is 49.4 Å². The second kappa shape index (κ2) is 8.33. The molecule has 0 fully saturated rings. The van der Waals surface area contributed by atoms with Gasteiger partial charge in [0.15, 0.2) is 0 Å². The molecule has 0 amide bonds. The van der Waals surface area contributed by atoms with Crippen molar-refractivity contribution in [2.45, 2.75) is 38.8 Å². The van der Waals surface area contributed by atoms with Crippen LogP contribution in [0.15, 0.2) is 36.8 Å². The van der Waals surface area contributed by atoms with Crippen LogP contribution >= 0.6 is 11.6 Å². The van der Waals surface area contributed by atoms with E-state index in [1.54, 1.807) is 16.8 Å². The fourth-order valence-electron chi connectivity index (χ4n) is 2.83. The maximum absolute atomic E-state index is 12.8. The number of fused-ring (bicyclic) bond motifs is 1. The van der Waals surface area contributed by atoms with Crippen molar-refractivity contribution in [3.8, 4) is 16.9 Å². The van der Waals surface area contributed by atoms with Crippen molar-refractivity contribution in [3.05, 3.63) is 41.9 Å². The molecule has 3 aromatic rings. The quantitative estimate of drug-likeness (QED) is 0.257. The van der Waals surface area contributed by atoms with E-state index < -0.39 is 14.4 Å². The summed E-state index contributed by atoms with van der Waals surface area (Å²) >= 11 is 6.27. The molecule has 0 aliphatic rings. The van der Waals surface area contributed by atoms with Gasteiger partial charge >= 0.3 is 6.36 Å². The van der Waals surface area contributed by atoms with Crippen molar-refractivity contribution in [1.82, 2.24) is 14.5 Å². The van der Waals surface area contributed by atoms with Crippen molar-refractivity contribution < 1.29 is 22.6 Å². The maximum Gasteiger partial charge on any atom is 0.573 e. The minimum Gasteiger partial charge on any atom is -0.405 e. The number of nitrogens with zero attached hydrogens (tertiary/aromatic N) is 3. The second-order valence-electron chi connectivity index (χ2n) is 7.77. The monoisotopic (exact) mass is 443 g/mol. The summed E-state index contributed by atoms with van der Waals surface area (Å²) in [7, 11) is -1.24. The third-order valence-corrected chi connectivity index (χ3v) is 6.23. The number of hydrogen-bond acceptors (Lipinski definition) is 4. The summed E-state index contributed by atoms with van der Waals surface area (Å²) in [6.07, 6.45) is -1.84. The number of benzene rings is 1. The Bertz CT molecular complexity index is 1000. The highest BCUT2D eigenvalue weighted by Crippen LogP contribution is 2.39. The predicted octanol–water partition coefficient (Wildman–Crippen LogP) is 5.96. The molecular weight excluding hydrogens is 423 g/mol. The Morgan fingerprint density at radius 2 is 1.83 bits per heavy atom. The predicted molar refractivity (Wildman–Crippen MR) is 109 cm³/mol. The summed E-state index contributed by atoms with van der Waals surface area (Å²) in [6.45, 7) is 7.56. The molecule has 0 N–H and O–H groups in total. The maximum atomic E-state index is 12.8. The SMILES string of the molecule is C[Si](C)(C)CCOCn1cc(-c2ccccc2OC(F)(F)F)c2c(Cl)ncnc21. The van der Waals surface area contributed by atoms with Crippen LogP contribution in [-0.2, 0) is 11.5 Å². The summed E-state index contributed by atoms with van der Waals surface area (Å²) in [5, 5.41) is 0.592. The topological polar surface area (TPSA) is 49.2 Å². The zero-order chi connectivity index (χ0) is 21.2. The molecule has 29 heavy (non-hydrogen) atoms. The van der Waals surface area contributed by atoms with E-state index in [0.29, 0.717) is 23.2 Å². The van der Waals surface area contributed by atoms with Crippen LogP contribution in [0.1, 0.15) is 0 Å². The molecule has 0 radical (unpaired) electrons. The van der Waals surface area contributed by atoms with Gasteiger partial charge in [0.25, 0.3) is 0 Å². The van der Waals surface area contributed by atoms with Crippen LogP contribution in [0.2, 0.25) is 30.8 Å². The summed E-state index contributed by atoms with van der Waals surface area (Å²) < 4.78 is 50.2. The first-order chi connectivity index (χ1) is 13.6. The first kappa shape index (κ1) is 21.6. The van der Waals surface area contributed by atoms with Crippen molar-refractivity contribution in [3.63, 3.8) is 0 Å². The summed E-state index contributed by atoms with van der Waals surface area (Å²) in [4.78, 5) is 8.24. The molecule has 2 heterocycles. The molecule has 1 aromatic carbocycles. The van der Waals surface area contributed by atoms with E-state index in [4.69, 9.17) is 16.3 Å². The minimum atomic E-state index is -4.81. The highest BCUT2D eigenvalue weighted by Gasteiger charge is 2.32. The van der Waals surface area contributed by atoms with Gasteiger partial charge in [0, 0.05) is 32.0 Å². The average molecular weight is 444 g/mol. The molecule has 0 unspecified atom stereocenters. The number of rotatable bonds is 7. The summed E-state index contributed by atoms with van der Waals surface area (Å²) in [5.74, 6) is -0.321. The lowest BCUT2D eigenvalue weighted by atomic mass is 10.1. The third kappa shape index (κ3) is 5.49. The van der Waals surface area contributed by atoms with Gasteiger partial charge in [-0.3, -0.25) is 0 Å². The van der Waals surface area contributed by atoms with E-state index in [0.717, 1.165) is 6.04 Å².